The summed E-state index contributed by atoms with van der Waals surface area (Å²) in [7, 11) is 0. The van der Waals surface area contributed by atoms with Crippen LogP contribution in [0.3, 0.4) is 0 Å². The van der Waals surface area contributed by atoms with Gasteiger partial charge in [0.25, 0.3) is 0 Å². The fourth-order valence-corrected chi connectivity index (χ4v) is 1.15. The van der Waals surface area contributed by atoms with E-state index in [9.17, 15) is 4.79 Å². The van der Waals surface area contributed by atoms with E-state index in [4.69, 9.17) is 10.8 Å². The average molecular weight is 194 g/mol. The molecule has 0 bridgehead atoms. The van der Waals surface area contributed by atoms with Gasteiger partial charge in [0.2, 0.25) is 0 Å². The van der Waals surface area contributed by atoms with Crippen LogP contribution in [0.15, 0.2) is 18.2 Å². The molecular weight excluding hydrogens is 180 g/mol. The lowest BCUT2D eigenvalue weighted by molar-refractivity contribution is 0.0698. The molecule has 4 heteroatoms. The smallest absolute Gasteiger partial charge is 0.337 e. The van der Waals surface area contributed by atoms with Crippen molar-refractivity contribution in [2.24, 2.45) is 0 Å². The van der Waals surface area contributed by atoms with Crippen molar-refractivity contribution in [3.63, 3.8) is 0 Å². The van der Waals surface area contributed by atoms with Gasteiger partial charge >= 0.3 is 5.97 Å². The summed E-state index contributed by atoms with van der Waals surface area (Å²) in [4.78, 5) is 10.8. The summed E-state index contributed by atoms with van der Waals surface area (Å²) in [5, 5.41) is 11.9. The Bertz CT molecular complexity index is 337. The quantitative estimate of drug-likeness (QED) is 0.639. The van der Waals surface area contributed by atoms with Crippen molar-refractivity contribution in [1.82, 2.24) is 0 Å². The van der Waals surface area contributed by atoms with Gasteiger partial charge in [0.05, 0.1) is 11.3 Å². The number of aromatic carboxylic acids is 1. The number of nitrogen functional groups attached to an aromatic ring is 1. The third kappa shape index (κ3) is 2.39. The van der Waals surface area contributed by atoms with Gasteiger partial charge in [-0.2, -0.15) is 0 Å². The third-order valence-electron chi connectivity index (χ3n) is 1.84. The van der Waals surface area contributed by atoms with Crippen molar-refractivity contribution < 1.29 is 9.90 Å². The van der Waals surface area contributed by atoms with E-state index in [-0.39, 0.29) is 5.56 Å². The number of nitrogens with two attached hydrogens (primary N) is 1. The molecule has 1 aromatic carbocycles. The Balaban J connectivity index is 2.97. The third-order valence-corrected chi connectivity index (χ3v) is 1.84. The Kier molecular flexibility index (Phi) is 3.34. The Morgan fingerprint density at radius 3 is 2.86 bits per heavy atom. The normalized spacial score (nSPS) is 9.79. The molecule has 76 valence electrons. The zero-order valence-corrected chi connectivity index (χ0v) is 8.08. The van der Waals surface area contributed by atoms with Gasteiger partial charge in [-0.05, 0) is 24.6 Å². The van der Waals surface area contributed by atoms with Crippen LogP contribution in [0.25, 0.3) is 0 Å². The summed E-state index contributed by atoms with van der Waals surface area (Å²) in [5.74, 6) is -0.941. The van der Waals surface area contributed by atoms with Crippen LogP contribution in [-0.2, 0) is 0 Å². The number of anilines is 2. The van der Waals surface area contributed by atoms with Crippen LogP contribution < -0.4 is 11.1 Å². The highest BCUT2D eigenvalue weighted by Crippen LogP contribution is 2.19. The Hall–Kier alpha value is -1.71. The van der Waals surface area contributed by atoms with Gasteiger partial charge in [-0.25, -0.2) is 4.79 Å². The molecule has 0 unspecified atom stereocenters. The first-order valence-corrected chi connectivity index (χ1v) is 4.52. The van der Waals surface area contributed by atoms with Gasteiger partial charge in [0, 0.05) is 12.2 Å². The van der Waals surface area contributed by atoms with Gasteiger partial charge in [0.15, 0.2) is 0 Å². The van der Waals surface area contributed by atoms with E-state index in [1.165, 1.54) is 6.07 Å². The summed E-state index contributed by atoms with van der Waals surface area (Å²) in [6.07, 6.45) is 0.938. The molecule has 0 aliphatic rings. The second-order valence-corrected chi connectivity index (χ2v) is 3.04. The summed E-state index contributed by atoms with van der Waals surface area (Å²) < 4.78 is 0. The van der Waals surface area contributed by atoms with Crippen molar-refractivity contribution in [1.29, 1.82) is 0 Å². The monoisotopic (exact) mass is 194 g/mol. The van der Waals surface area contributed by atoms with E-state index >= 15 is 0 Å². The van der Waals surface area contributed by atoms with Gasteiger partial charge in [0.1, 0.15) is 0 Å². The molecule has 0 saturated carbocycles. The number of nitrogens with one attached hydrogen (secondary N) is 1. The molecule has 0 amide bonds. The lowest BCUT2D eigenvalue weighted by Gasteiger charge is -2.08. The molecule has 0 aliphatic heterocycles. The molecule has 0 fully saturated rings. The minimum atomic E-state index is -0.941. The Labute approximate surface area is 82.7 Å². The molecule has 0 radical (unpaired) electrons. The number of carboxylic acid groups (broad SMARTS) is 1. The average Bonchev–Trinajstić information content (AvgIpc) is 2.14. The number of hydrogen-bond acceptors (Lipinski definition) is 3. The predicted octanol–water partition coefficient (Wildman–Crippen LogP) is 1.79. The molecule has 0 atom stereocenters. The standard InChI is InChI=1S/C10H14N2O2/c1-2-5-12-9-6-7(11)3-4-8(9)10(13)14/h3-4,6,12H,2,5,11H2,1H3,(H,13,14). The van der Waals surface area contributed by atoms with E-state index in [2.05, 4.69) is 5.32 Å². The van der Waals surface area contributed by atoms with E-state index in [0.29, 0.717) is 11.4 Å². The van der Waals surface area contributed by atoms with E-state index < -0.39 is 5.97 Å². The van der Waals surface area contributed by atoms with Crippen molar-refractivity contribution in [3.05, 3.63) is 23.8 Å². The minimum Gasteiger partial charge on any atom is -0.478 e. The summed E-state index contributed by atoms with van der Waals surface area (Å²) >= 11 is 0. The molecule has 4 nitrogen and oxygen atoms in total. The number of benzene rings is 1. The fourth-order valence-electron chi connectivity index (χ4n) is 1.15. The SMILES string of the molecule is CCCNc1cc(N)ccc1C(=O)O. The van der Waals surface area contributed by atoms with Crippen molar-refractivity contribution in [3.8, 4) is 0 Å². The molecule has 1 rings (SSSR count). The molecule has 0 saturated heterocycles. The number of rotatable bonds is 4. The first kappa shape index (κ1) is 10.4. The zero-order valence-electron chi connectivity index (χ0n) is 8.08. The van der Waals surface area contributed by atoms with Crippen LogP contribution in [0.5, 0.6) is 0 Å². The first-order valence-electron chi connectivity index (χ1n) is 4.52. The highest BCUT2D eigenvalue weighted by molar-refractivity contribution is 5.95. The van der Waals surface area contributed by atoms with Crippen LogP contribution in [0.2, 0.25) is 0 Å². The van der Waals surface area contributed by atoms with Gasteiger partial charge in [-0.1, -0.05) is 6.92 Å². The number of carboxylic acids is 1. The summed E-state index contributed by atoms with van der Waals surface area (Å²) in [5.41, 5.74) is 6.97. The number of hydrogen-bond donors (Lipinski definition) is 3. The van der Waals surface area contributed by atoms with Gasteiger partial charge in [-0.3, -0.25) is 0 Å². The maximum absolute atomic E-state index is 10.8. The van der Waals surface area contributed by atoms with Crippen molar-refractivity contribution in [2.45, 2.75) is 13.3 Å². The van der Waals surface area contributed by atoms with Crippen molar-refractivity contribution >= 4 is 17.3 Å². The van der Waals surface area contributed by atoms with Crippen LogP contribution >= 0.6 is 0 Å². The van der Waals surface area contributed by atoms with Crippen molar-refractivity contribution in [2.75, 3.05) is 17.6 Å². The topological polar surface area (TPSA) is 75.3 Å². The molecular formula is C10H14N2O2. The van der Waals surface area contributed by atoms with Crippen LogP contribution in [-0.4, -0.2) is 17.6 Å². The Morgan fingerprint density at radius 2 is 2.29 bits per heavy atom. The highest BCUT2D eigenvalue weighted by atomic mass is 16.4. The van der Waals surface area contributed by atoms with E-state index in [1.807, 2.05) is 6.92 Å². The molecule has 1 aromatic rings. The van der Waals surface area contributed by atoms with Crippen LogP contribution in [0.1, 0.15) is 23.7 Å². The van der Waals surface area contributed by atoms with Gasteiger partial charge < -0.3 is 16.2 Å². The lowest BCUT2D eigenvalue weighted by atomic mass is 10.1. The molecule has 0 aromatic heterocycles. The van der Waals surface area contributed by atoms with E-state index in [1.54, 1.807) is 12.1 Å². The van der Waals surface area contributed by atoms with Crippen LogP contribution in [0, 0.1) is 0 Å². The Morgan fingerprint density at radius 1 is 1.57 bits per heavy atom. The summed E-state index contributed by atoms with van der Waals surface area (Å²) in [6, 6.07) is 4.73. The zero-order chi connectivity index (χ0) is 10.6. The number of carbonyl (C=O) groups is 1. The molecule has 0 heterocycles. The molecule has 4 N–H and O–H groups in total. The molecule has 0 aliphatic carbocycles. The predicted molar refractivity (Wildman–Crippen MR) is 56.6 cm³/mol. The van der Waals surface area contributed by atoms with E-state index in [0.717, 1.165) is 13.0 Å². The lowest BCUT2D eigenvalue weighted by Crippen LogP contribution is -2.07. The largest absolute Gasteiger partial charge is 0.478 e. The second kappa shape index (κ2) is 4.50. The van der Waals surface area contributed by atoms with Gasteiger partial charge in [-0.15, -0.1) is 0 Å². The first-order chi connectivity index (χ1) is 6.65. The molecule has 0 spiro atoms. The second-order valence-electron chi connectivity index (χ2n) is 3.04. The molecule has 14 heavy (non-hydrogen) atoms. The van der Waals surface area contributed by atoms with Crippen LogP contribution in [0.4, 0.5) is 11.4 Å². The maximum Gasteiger partial charge on any atom is 0.337 e. The maximum atomic E-state index is 10.8. The fraction of sp³-hybridized carbons (Fsp3) is 0.300. The minimum absolute atomic E-state index is 0.257. The summed E-state index contributed by atoms with van der Waals surface area (Å²) in [6.45, 7) is 2.75. The highest BCUT2D eigenvalue weighted by Gasteiger charge is 2.08.